The number of carbonyl (C=O) groups is 1. The SMILES string of the molecule is Cc1cc(C)n(Cc2cccc(NC(=O)c3ccc(Cn4nc(C(F)F)cc4C(F)F)o3)c2)n1. The van der Waals surface area contributed by atoms with Crippen molar-refractivity contribution < 1.29 is 26.8 Å². The quantitative estimate of drug-likeness (QED) is 0.341. The lowest BCUT2D eigenvalue weighted by molar-refractivity contribution is 0.0994. The van der Waals surface area contributed by atoms with Crippen LogP contribution in [0.5, 0.6) is 0 Å². The topological polar surface area (TPSA) is 77.9 Å². The Morgan fingerprint density at radius 1 is 0.971 bits per heavy atom. The Morgan fingerprint density at radius 2 is 1.76 bits per heavy atom. The molecule has 0 spiro atoms. The molecule has 0 fully saturated rings. The monoisotopic (exact) mass is 475 g/mol. The van der Waals surface area contributed by atoms with Crippen LogP contribution >= 0.6 is 0 Å². The van der Waals surface area contributed by atoms with Gasteiger partial charge in [-0.25, -0.2) is 17.6 Å². The van der Waals surface area contributed by atoms with Gasteiger partial charge in [-0.1, -0.05) is 12.1 Å². The predicted octanol–water partition coefficient (Wildman–Crippen LogP) is 5.51. The van der Waals surface area contributed by atoms with Crippen LogP contribution in [0.1, 0.15) is 57.5 Å². The molecular formula is C23H21F4N5O2. The maximum atomic E-state index is 13.2. The summed E-state index contributed by atoms with van der Waals surface area (Å²) >= 11 is 0. The van der Waals surface area contributed by atoms with Gasteiger partial charge in [-0.3, -0.25) is 14.2 Å². The summed E-state index contributed by atoms with van der Waals surface area (Å²) in [6.45, 7) is 4.08. The van der Waals surface area contributed by atoms with Crippen molar-refractivity contribution in [2.45, 2.75) is 39.8 Å². The molecule has 7 nitrogen and oxygen atoms in total. The molecule has 1 N–H and O–H groups in total. The largest absolute Gasteiger partial charge is 0.454 e. The summed E-state index contributed by atoms with van der Waals surface area (Å²) in [6, 6.07) is 12.7. The number of rotatable bonds is 8. The third kappa shape index (κ3) is 5.19. The second-order valence-corrected chi connectivity index (χ2v) is 7.76. The number of nitrogens with zero attached hydrogens (tertiary/aromatic N) is 4. The van der Waals surface area contributed by atoms with Crippen LogP contribution in [0, 0.1) is 13.8 Å². The van der Waals surface area contributed by atoms with Crippen LogP contribution < -0.4 is 5.32 Å². The molecule has 0 radical (unpaired) electrons. The zero-order valence-electron chi connectivity index (χ0n) is 18.3. The van der Waals surface area contributed by atoms with Crippen molar-refractivity contribution in [3.05, 3.63) is 88.4 Å². The summed E-state index contributed by atoms with van der Waals surface area (Å²) in [5, 5.41) is 10.7. The molecule has 0 aliphatic carbocycles. The average Bonchev–Trinajstić information content (AvgIpc) is 3.48. The highest BCUT2D eigenvalue weighted by molar-refractivity contribution is 6.02. The summed E-state index contributed by atoms with van der Waals surface area (Å²) in [5.74, 6) is -0.481. The molecule has 0 unspecified atom stereocenters. The van der Waals surface area contributed by atoms with Gasteiger partial charge in [0.05, 0.1) is 18.8 Å². The van der Waals surface area contributed by atoms with E-state index in [0.29, 0.717) is 18.3 Å². The van der Waals surface area contributed by atoms with E-state index in [4.69, 9.17) is 4.42 Å². The van der Waals surface area contributed by atoms with Gasteiger partial charge in [-0.2, -0.15) is 10.2 Å². The van der Waals surface area contributed by atoms with Gasteiger partial charge in [-0.15, -0.1) is 0 Å². The molecule has 3 heterocycles. The van der Waals surface area contributed by atoms with Gasteiger partial charge in [0.2, 0.25) is 0 Å². The molecule has 1 aromatic carbocycles. The van der Waals surface area contributed by atoms with E-state index in [9.17, 15) is 22.4 Å². The number of hydrogen-bond acceptors (Lipinski definition) is 4. The summed E-state index contributed by atoms with van der Waals surface area (Å²) in [7, 11) is 0. The van der Waals surface area contributed by atoms with E-state index < -0.39 is 30.1 Å². The van der Waals surface area contributed by atoms with Crippen LogP contribution in [0.2, 0.25) is 0 Å². The molecule has 0 aliphatic rings. The minimum absolute atomic E-state index is 0.0567. The van der Waals surface area contributed by atoms with Gasteiger partial charge in [0.1, 0.15) is 17.1 Å². The van der Waals surface area contributed by atoms with Crippen LogP contribution in [0.15, 0.2) is 52.9 Å². The number of hydrogen-bond donors (Lipinski definition) is 1. The Kier molecular flexibility index (Phi) is 6.53. The first-order valence-corrected chi connectivity index (χ1v) is 10.3. The first-order chi connectivity index (χ1) is 16.2. The van der Waals surface area contributed by atoms with Gasteiger partial charge in [0.25, 0.3) is 18.8 Å². The molecule has 4 aromatic rings. The zero-order valence-corrected chi connectivity index (χ0v) is 18.3. The summed E-state index contributed by atoms with van der Waals surface area (Å²) in [5.41, 5.74) is 1.99. The molecule has 178 valence electrons. The molecule has 0 aliphatic heterocycles. The number of furan rings is 1. The minimum Gasteiger partial charge on any atom is -0.454 e. The molecule has 1 amide bonds. The second-order valence-electron chi connectivity index (χ2n) is 7.76. The van der Waals surface area contributed by atoms with Crippen molar-refractivity contribution in [2.24, 2.45) is 0 Å². The lowest BCUT2D eigenvalue weighted by Crippen LogP contribution is -2.12. The van der Waals surface area contributed by atoms with Crippen molar-refractivity contribution >= 4 is 11.6 Å². The fourth-order valence-electron chi connectivity index (χ4n) is 3.54. The highest BCUT2D eigenvalue weighted by Gasteiger charge is 2.22. The van der Waals surface area contributed by atoms with Crippen LogP contribution in [-0.4, -0.2) is 25.5 Å². The first-order valence-electron chi connectivity index (χ1n) is 10.3. The van der Waals surface area contributed by atoms with Crippen LogP contribution in [0.3, 0.4) is 0 Å². The lowest BCUT2D eigenvalue weighted by atomic mass is 10.2. The summed E-state index contributed by atoms with van der Waals surface area (Å²) in [6.07, 6.45) is -5.96. The van der Waals surface area contributed by atoms with E-state index in [-0.39, 0.29) is 18.1 Å². The third-order valence-electron chi connectivity index (χ3n) is 5.09. The smallest absolute Gasteiger partial charge is 0.291 e. The van der Waals surface area contributed by atoms with Crippen LogP contribution in [0.4, 0.5) is 23.2 Å². The van der Waals surface area contributed by atoms with Gasteiger partial charge in [0.15, 0.2) is 5.76 Å². The second kappa shape index (κ2) is 9.54. The van der Waals surface area contributed by atoms with Crippen molar-refractivity contribution in [3.8, 4) is 0 Å². The number of aromatic nitrogens is 4. The maximum absolute atomic E-state index is 13.2. The summed E-state index contributed by atoms with van der Waals surface area (Å²) in [4.78, 5) is 12.6. The van der Waals surface area contributed by atoms with E-state index in [2.05, 4.69) is 15.5 Å². The van der Waals surface area contributed by atoms with Gasteiger partial charge < -0.3 is 9.73 Å². The van der Waals surface area contributed by atoms with Crippen molar-refractivity contribution in [3.63, 3.8) is 0 Å². The van der Waals surface area contributed by atoms with Crippen LogP contribution in [0.25, 0.3) is 0 Å². The Labute approximate surface area is 192 Å². The van der Waals surface area contributed by atoms with Crippen molar-refractivity contribution in [1.82, 2.24) is 19.6 Å². The van der Waals surface area contributed by atoms with E-state index >= 15 is 0 Å². The molecule has 0 saturated heterocycles. The lowest BCUT2D eigenvalue weighted by Gasteiger charge is -2.08. The van der Waals surface area contributed by atoms with E-state index in [0.717, 1.165) is 21.6 Å². The van der Waals surface area contributed by atoms with Gasteiger partial charge in [-0.05, 0) is 55.8 Å². The molecule has 4 rings (SSSR count). The number of anilines is 1. The number of amides is 1. The Morgan fingerprint density at radius 3 is 2.44 bits per heavy atom. The minimum atomic E-state index is -2.99. The van der Waals surface area contributed by atoms with E-state index in [1.54, 1.807) is 12.1 Å². The van der Waals surface area contributed by atoms with Crippen molar-refractivity contribution in [2.75, 3.05) is 5.32 Å². The number of nitrogens with one attached hydrogen (secondary N) is 1. The highest BCUT2D eigenvalue weighted by atomic mass is 19.3. The van der Waals surface area contributed by atoms with Gasteiger partial charge >= 0.3 is 0 Å². The average molecular weight is 475 g/mol. The molecule has 34 heavy (non-hydrogen) atoms. The molecule has 3 aromatic heterocycles. The fraction of sp³-hybridized carbons (Fsp3) is 0.261. The maximum Gasteiger partial charge on any atom is 0.291 e. The molecule has 0 bridgehead atoms. The molecular weight excluding hydrogens is 454 g/mol. The molecule has 0 atom stereocenters. The Hall–Kier alpha value is -3.89. The fourth-order valence-corrected chi connectivity index (χ4v) is 3.54. The third-order valence-corrected chi connectivity index (χ3v) is 5.09. The molecule has 11 heteroatoms. The molecule has 0 saturated carbocycles. The van der Waals surface area contributed by atoms with E-state index in [1.807, 2.05) is 36.7 Å². The summed E-state index contributed by atoms with van der Waals surface area (Å²) < 4.78 is 60.1. The van der Waals surface area contributed by atoms with Crippen molar-refractivity contribution in [1.29, 1.82) is 0 Å². The zero-order chi connectivity index (χ0) is 24.4. The number of carbonyl (C=O) groups excluding carboxylic acids is 1. The number of benzene rings is 1. The number of alkyl halides is 4. The Bertz CT molecular complexity index is 1310. The van der Waals surface area contributed by atoms with Gasteiger partial charge in [0, 0.05) is 11.4 Å². The Balaban J connectivity index is 1.45. The predicted molar refractivity (Wildman–Crippen MR) is 115 cm³/mol. The van der Waals surface area contributed by atoms with Crippen LogP contribution in [-0.2, 0) is 13.1 Å². The standard InChI is InChI=1S/C23H21F4N5O2/c1-13-8-14(2)31(29-13)11-15-4-3-5-16(9-15)28-23(33)20-7-6-17(34-20)12-32-19(22(26)27)10-18(30-32)21(24)25/h3-10,21-22H,11-12H2,1-2H3,(H,28,33). The normalized spacial score (nSPS) is 11.5. The van der Waals surface area contributed by atoms with E-state index in [1.165, 1.54) is 12.1 Å². The number of aryl methyl sites for hydroxylation is 2. The number of halogens is 4. The highest BCUT2D eigenvalue weighted by Crippen LogP contribution is 2.26. The first kappa shape index (κ1) is 23.3.